The zero-order valence-electron chi connectivity index (χ0n) is 9.23. The molecule has 3 aromatic rings. The van der Waals surface area contributed by atoms with Gasteiger partial charge in [0.25, 0.3) is 0 Å². The number of methoxy groups -OCH3 is 1. The van der Waals surface area contributed by atoms with Crippen LogP contribution in [-0.4, -0.2) is 17.1 Å². The lowest BCUT2D eigenvalue weighted by molar-refractivity contribution is 0.415. The van der Waals surface area contributed by atoms with Gasteiger partial charge in [0.15, 0.2) is 5.13 Å². The maximum Gasteiger partial charge on any atom is 0.180 e. The van der Waals surface area contributed by atoms with Gasteiger partial charge in [-0.3, -0.25) is 0 Å². The average Bonchev–Trinajstić information content (AvgIpc) is 2.93. The van der Waals surface area contributed by atoms with Gasteiger partial charge < -0.3 is 15.5 Å². The fourth-order valence-electron chi connectivity index (χ4n) is 1.86. The summed E-state index contributed by atoms with van der Waals surface area (Å²) in [5, 5.41) is 3.67. The fraction of sp³-hybridized carbons (Fsp3) is 0.0833. The standard InChI is InChI=1S/C12H11N3OS/c1-16-7-2-3-8-9(5-14-10(8)4-7)11-6-17-12(13)15-11/h2-6,14H,1H3,(H2,13,15). The zero-order valence-corrected chi connectivity index (χ0v) is 10.0. The van der Waals surface area contributed by atoms with Gasteiger partial charge >= 0.3 is 0 Å². The summed E-state index contributed by atoms with van der Waals surface area (Å²) in [5.74, 6) is 0.837. The molecule has 0 amide bonds. The Morgan fingerprint density at radius 2 is 2.29 bits per heavy atom. The number of anilines is 1. The molecule has 0 bridgehead atoms. The second kappa shape index (κ2) is 3.78. The number of benzene rings is 1. The first-order valence-electron chi connectivity index (χ1n) is 5.14. The third-order valence-electron chi connectivity index (χ3n) is 2.69. The summed E-state index contributed by atoms with van der Waals surface area (Å²) < 4.78 is 5.19. The van der Waals surface area contributed by atoms with Gasteiger partial charge in [-0.2, -0.15) is 0 Å². The topological polar surface area (TPSA) is 63.9 Å². The van der Waals surface area contributed by atoms with Crippen molar-refractivity contribution in [1.82, 2.24) is 9.97 Å². The van der Waals surface area contributed by atoms with Crippen molar-refractivity contribution in [3.05, 3.63) is 29.8 Å². The Kier molecular flexibility index (Phi) is 2.26. The lowest BCUT2D eigenvalue weighted by atomic mass is 10.1. The van der Waals surface area contributed by atoms with E-state index in [0.717, 1.165) is 27.9 Å². The van der Waals surface area contributed by atoms with Crippen LogP contribution < -0.4 is 10.5 Å². The molecule has 0 aliphatic rings. The number of aromatic nitrogens is 2. The van der Waals surface area contributed by atoms with Gasteiger partial charge in [0.2, 0.25) is 0 Å². The molecule has 2 aromatic heterocycles. The van der Waals surface area contributed by atoms with E-state index in [1.54, 1.807) is 7.11 Å². The molecule has 3 rings (SSSR count). The minimum atomic E-state index is 0.586. The highest BCUT2D eigenvalue weighted by molar-refractivity contribution is 7.13. The molecule has 0 spiro atoms. The molecular weight excluding hydrogens is 234 g/mol. The number of ether oxygens (including phenoxy) is 1. The van der Waals surface area contributed by atoms with Gasteiger partial charge in [-0.25, -0.2) is 4.98 Å². The Bertz CT molecular complexity index is 671. The summed E-state index contributed by atoms with van der Waals surface area (Å²) in [7, 11) is 1.66. The number of nitrogens with one attached hydrogen (secondary N) is 1. The molecule has 0 unspecified atom stereocenters. The SMILES string of the molecule is COc1ccc2c(-c3csc(N)n3)c[nH]c2c1. The Labute approximate surface area is 102 Å². The van der Waals surface area contributed by atoms with Crippen LogP contribution >= 0.6 is 11.3 Å². The van der Waals surface area contributed by atoms with Crippen LogP contribution in [0.5, 0.6) is 5.75 Å². The Hall–Kier alpha value is -2.01. The number of thiazole rings is 1. The molecule has 2 heterocycles. The predicted octanol–water partition coefficient (Wildman–Crippen LogP) is 2.88. The minimum absolute atomic E-state index is 0.586. The van der Waals surface area contributed by atoms with Gasteiger partial charge in [-0.05, 0) is 12.1 Å². The summed E-state index contributed by atoms with van der Waals surface area (Å²) in [6.45, 7) is 0. The molecule has 86 valence electrons. The molecule has 4 nitrogen and oxygen atoms in total. The lowest BCUT2D eigenvalue weighted by Gasteiger charge is -1.99. The van der Waals surface area contributed by atoms with Crippen LogP contribution in [-0.2, 0) is 0 Å². The number of nitrogen functional groups attached to an aromatic ring is 1. The van der Waals surface area contributed by atoms with E-state index in [9.17, 15) is 0 Å². The van der Waals surface area contributed by atoms with Crippen molar-refractivity contribution in [3.8, 4) is 17.0 Å². The molecule has 1 aromatic carbocycles. The normalized spacial score (nSPS) is 10.9. The summed E-state index contributed by atoms with van der Waals surface area (Å²) in [6.07, 6.45) is 1.94. The zero-order chi connectivity index (χ0) is 11.8. The van der Waals surface area contributed by atoms with Crippen molar-refractivity contribution in [2.75, 3.05) is 12.8 Å². The molecule has 0 saturated heterocycles. The number of nitrogens with two attached hydrogens (primary N) is 1. The van der Waals surface area contributed by atoms with Gasteiger partial charge in [-0.1, -0.05) is 0 Å². The number of nitrogens with zero attached hydrogens (tertiary/aromatic N) is 1. The molecule has 0 aliphatic heterocycles. The maximum absolute atomic E-state index is 5.65. The van der Waals surface area contributed by atoms with Gasteiger partial charge in [0, 0.05) is 34.1 Å². The van der Waals surface area contributed by atoms with Crippen LogP contribution in [0.1, 0.15) is 0 Å². The fourth-order valence-corrected chi connectivity index (χ4v) is 2.42. The first-order valence-corrected chi connectivity index (χ1v) is 6.02. The summed E-state index contributed by atoms with van der Waals surface area (Å²) >= 11 is 1.45. The number of hydrogen-bond acceptors (Lipinski definition) is 4. The number of fused-ring (bicyclic) bond motifs is 1. The molecule has 0 fully saturated rings. The molecule has 0 atom stereocenters. The molecule has 0 radical (unpaired) electrons. The Balaban J connectivity index is 2.18. The van der Waals surface area contributed by atoms with E-state index >= 15 is 0 Å². The highest BCUT2D eigenvalue weighted by atomic mass is 32.1. The van der Waals surface area contributed by atoms with E-state index in [-0.39, 0.29) is 0 Å². The second-order valence-electron chi connectivity index (χ2n) is 3.68. The van der Waals surface area contributed by atoms with Crippen molar-refractivity contribution in [2.24, 2.45) is 0 Å². The molecule has 0 aliphatic carbocycles. The summed E-state index contributed by atoms with van der Waals surface area (Å²) in [4.78, 5) is 7.51. The summed E-state index contributed by atoms with van der Waals surface area (Å²) in [5.41, 5.74) is 8.66. The smallest absolute Gasteiger partial charge is 0.180 e. The highest BCUT2D eigenvalue weighted by Crippen LogP contribution is 2.31. The van der Waals surface area contributed by atoms with E-state index < -0.39 is 0 Å². The van der Waals surface area contributed by atoms with E-state index in [4.69, 9.17) is 10.5 Å². The van der Waals surface area contributed by atoms with Crippen LogP contribution in [0.3, 0.4) is 0 Å². The third kappa shape index (κ3) is 1.64. The van der Waals surface area contributed by atoms with E-state index in [1.165, 1.54) is 11.3 Å². The summed E-state index contributed by atoms with van der Waals surface area (Å²) in [6, 6.07) is 5.93. The van der Waals surface area contributed by atoms with Crippen molar-refractivity contribution in [1.29, 1.82) is 0 Å². The minimum Gasteiger partial charge on any atom is -0.497 e. The first kappa shape index (κ1) is 10.2. The van der Waals surface area contributed by atoms with Crippen LogP contribution in [0.25, 0.3) is 22.2 Å². The van der Waals surface area contributed by atoms with Crippen molar-refractivity contribution in [3.63, 3.8) is 0 Å². The largest absolute Gasteiger partial charge is 0.497 e. The molecule has 17 heavy (non-hydrogen) atoms. The van der Waals surface area contributed by atoms with Crippen LogP contribution in [0.15, 0.2) is 29.8 Å². The van der Waals surface area contributed by atoms with E-state index in [1.807, 2.05) is 29.8 Å². The molecule has 3 N–H and O–H groups in total. The van der Waals surface area contributed by atoms with Crippen LogP contribution in [0.4, 0.5) is 5.13 Å². The predicted molar refractivity (Wildman–Crippen MR) is 70.4 cm³/mol. The number of hydrogen-bond donors (Lipinski definition) is 2. The molecule has 0 saturated carbocycles. The number of H-pyrrole nitrogens is 1. The number of rotatable bonds is 2. The quantitative estimate of drug-likeness (QED) is 0.729. The number of aromatic amines is 1. The van der Waals surface area contributed by atoms with Gasteiger partial charge in [-0.15, -0.1) is 11.3 Å². The van der Waals surface area contributed by atoms with Crippen molar-refractivity contribution in [2.45, 2.75) is 0 Å². The second-order valence-corrected chi connectivity index (χ2v) is 4.57. The first-order chi connectivity index (χ1) is 8.28. The molecular formula is C12H11N3OS. The maximum atomic E-state index is 5.65. The lowest BCUT2D eigenvalue weighted by Crippen LogP contribution is -1.83. The monoisotopic (exact) mass is 245 g/mol. The van der Waals surface area contributed by atoms with Gasteiger partial charge in [0.05, 0.1) is 12.8 Å². The van der Waals surface area contributed by atoms with Crippen LogP contribution in [0.2, 0.25) is 0 Å². The molecule has 5 heteroatoms. The Morgan fingerprint density at radius 1 is 1.41 bits per heavy atom. The van der Waals surface area contributed by atoms with Crippen LogP contribution in [0, 0.1) is 0 Å². The van der Waals surface area contributed by atoms with Crippen molar-refractivity contribution < 1.29 is 4.74 Å². The third-order valence-corrected chi connectivity index (χ3v) is 3.36. The van der Waals surface area contributed by atoms with E-state index in [0.29, 0.717) is 5.13 Å². The highest BCUT2D eigenvalue weighted by Gasteiger charge is 2.09. The van der Waals surface area contributed by atoms with Gasteiger partial charge in [0.1, 0.15) is 5.75 Å². The van der Waals surface area contributed by atoms with Crippen molar-refractivity contribution >= 4 is 27.4 Å². The average molecular weight is 245 g/mol. The van der Waals surface area contributed by atoms with E-state index in [2.05, 4.69) is 9.97 Å². The Morgan fingerprint density at radius 3 is 3.00 bits per heavy atom.